The molecular formula is C12H18N2O5S2. The SMILES string of the molecule is C[C@@H](NC(=O)OC(C)(C)C)C(=O)NS(=O)(=O)c1cccs1. The van der Waals surface area contributed by atoms with Crippen molar-refractivity contribution in [2.75, 3.05) is 0 Å². The van der Waals surface area contributed by atoms with Crippen molar-refractivity contribution in [2.45, 2.75) is 43.5 Å². The van der Waals surface area contributed by atoms with Gasteiger partial charge in [-0.1, -0.05) is 6.07 Å². The minimum Gasteiger partial charge on any atom is -0.444 e. The van der Waals surface area contributed by atoms with Crippen molar-refractivity contribution in [3.63, 3.8) is 0 Å². The Kier molecular flexibility index (Phi) is 5.35. The molecule has 1 aromatic heterocycles. The molecule has 1 atom stereocenters. The summed E-state index contributed by atoms with van der Waals surface area (Å²) in [6.07, 6.45) is -0.793. The number of carbonyl (C=O) groups is 2. The molecule has 1 heterocycles. The van der Waals surface area contributed by atoms with Crippen LogP contribution in [0, 0.1) is 0 Å². The molecule has 0 aliphatic rings. The first-order chi connectivity index (χ1) is 9.51. The zero-order valence-corrected chi connectivity index (χ0v) is 13.8. The van der Waals surface area contributed by atoms with Gasteiger partial charge in [0.05, 0.1) is 0 Å². The maximum atomic E-state index is 11.9. The van der Waals surface area contributed by atoms with Gasteiger partial charge in [0.15, 0.2) is 0 Å². The summed E-state index contributed by atoms with van der Waals surface area (Å²) in [7, 11) is -3.91. The van der Waals surface area contributed by atoms with Gasteiger partial charge in [0, 0.05) is 0 Å². The lowest BCUT2D eigenvalue weighted by atomic mass is 10.2. The van der Waals surface area contributed by atoms with E-state index in [2.05, 4.69) is 5.32 Å². The topological polar surface area (TPSA) is 102 Å². The van der Waals surface area contributed by atoms with E-state index in [4.69, 9.17) is 4.74 Å². The third kappa shape index (κ3) is 5.72. The zero-order valence-electron chi connectivity index (χ0n) is 12.2. The van der Waals surface area contributed by atoms with Gasteiger partial charge in [-0.25, -0.2) is 17.9 Å². The molecule has 0 aliphatic carbocycles. The zero-order chi connectivity index (χ0) is 16.3. The number of carbonyl (C=O) groups excluding carboxylic acids is 2. The monoisotopic (exact) mass is 334 g/mol. The summed E-state index contributed by atoms with van der Waals surface area (Å²) in [5.41, 5.74) is -0.705. The maximum absolute atomic E-state index is 11.9. The molecular weight excluding hydrogens is 316 g/mol. The Hall–Kier alpha value is -1.61. The lowest BCUT2D eigenvalue weighted by Crippen LogP contribution is -2.47. The highest BCUT2D eigenvalue weighted by Gasteiger charge is 2.25. The molecule has 21 heavy (non-hydrogen) atoms. The fourth-order valence-corrected chi connectivity index (χ4v) is 3.28. The summed E-state index contributed by atoms with van der Waals surface area (Å²) in [6, 6.07) is 1.90. The van der Waals surface area contributed by atoms with E-state index in [-0.39, 0.29) is 4.21 Å². The van der Waals surface area contributed by atoms with E-state index in [1.54, 1.807) is 32.2 Å². The predicted molar refractivity (Wildman–Crippen MR) is 78.5 cm³/mol. The fraction of sp³-hybridized carbons (Fsp3) is 0.500. The highest BCUT2D eigenvalue weighted by molar-refractivity contribution is 7.92. The third-order valence-corrected chi connectivity index (χ3v) is 4.87. The van der Waals surface area contributed by atoms with Crippen molar-refractivity contribution < 1.29 is 22.7 Å². The van der Waals surface area contributed by atoms with E-state index < -0.39 is 33.7 Å². The molecule has 1 aromatic rings. The molecule has 0 unspecified atom stereocenters. The Bertz CT molecular complexity index is 602. The Balaban J connectivity index is 2.62. The average molecular weight is 334 g/mol. The summed E-state index contributed by atoms with van der Waals surface area (Å²) in [6.45, 7) is 6.40. The van der Waals surface area contributed by atoms with Crippen LogP contribution in [0.5, 0.6) is 0 Å². The number of hydrogen-bond donors (Lipinski definition) is 2. The number of sulfonamides is 1. The van der Waals surface area contributed by atoms with Crippen LogP contribution in [0.3, 0.4) is 0 Å². The first-order valence-electron chi connectivity index (χ1n) is 6.11. The number of thiophene rings is 1. The first kappa shape index (κ1) is 17.4. The van der Waals surface area contributed by atoms with Gasteiger partial charge in [0.25, 0.3) is 15.9 Å². The molecule has 0 saturated carbocycles. The molecule has 2 N–H and O–H groups in total. The van der Waals surface area contributed by atoms with E-state index >= 15 is 0 Å². The van der Waals surface area contributed by atoms with Crippen LogP contribution in [0.25, 0.3) is 0 Å². The number of alkyl carbamates (subject to hydrolysis) is 1. The fourth-order valence-electron chi connectivity index (χ4n) is 1.24. The van der Waals surface area contributed by atoms with Gasteiger partial charge in [-0.2, -0.15) is 0 Å². The molecule has 0 bridgehead atoms. The minimum absolute atomic E-state index is 0.0281. The highest BCUT2D eigenvalue weighted by Crippen LogP contribution is 2.15. The van der Waals surface area contributed by atoms with Crippen LogP contribution in [-0.4, -0.2) is 32.1 Å². The molecule has 0 aromatic carbocycles. The molecule has 1 rings (SSSR count). The van der Waals surface area contributed by atoms with E-state index in [1.165, 1.54) is 13.0 Å². The van der Waals surface area contributed by atoms with Crippen molar-refractivity contribution in [2.24, 2.45) is 0 Å². The van der Waals surface area contributed by atoms with Crippen LogP contribution in [0.4, 0.5) is 4.79 Å². The molecule has 2 amide bonds. The lowest BCUT2D eigenvalue weighted by molar-refractivity contribution is -0.121. The second-order valence-corrected chi connectivity index (χ2v) is 8.13. The lowest BCUT2D eigenvalue weighted by Gasteiger charge is -2.21. The summed E-state index contributed by atoms with van der Waals surface area (Å²) in [4.78, 5) is 23.3. The van der Waals surface area contributed by atoms with E-state index in [0.717, 1.165) is 11.3 Å². The molecule has 7 nitrogen and oxygen atoms in total. The number of amides is 2. The quantitative estimate of drug-likeness (QED) is 0.868. The molecule has 0 saturated heterocycles. The summed E-state index contributed by atoms with van der Waals surface area (Å²) in [5.74, 6) is -0.839. The van der Waals surface area contributed by atoms with Crippen LogP contribution in [0.15, 0.2) is 21.7 Å². The summed E-state index contributed by atoms with van der Waals surface area (Å²) >= 11 is 0.991. The predicted octanol–water partition coefficient (Wildman–Crippen LogP) is 1.47. The van der Waals surface area contributed by atoms with E-state index in [1.807, 2.05) is 4.72 Å². The average Bonchev–Trinajstić information content (AvgIpc) is 2.78. The van der Waals surface area contributed by atoms with E-state index in [9.17, 15) is 18.0 Å². The van der Waals surface area contributed by atoms with Crippen LogP contribution < -0.4 is 10.0 Å². The largest absolute Gasteiger partial charge is 0.444 e. The van der Waals surface area contributed by atoms with Crippen molar-refractivity contribution in [3.05, 3.63) is 17.5 Å². The molecule has 0 aliphatic heterocycles. The molecule has 0 spiro atoms. The van der Waals surface area contributed by atoms with Crippen molar-refractivity contribution >= 4 is 33.4 Å². The van der Waals surface area contributed by atoms with Crippen molar-refractivity contribution in [1.82, 2.24) is 10.0 Å². The van der Waals surface area contributed by atoms with Gasteiger partial charge >= 0.3 is 6.09 Å². The minimum atomic E-state index is -3.91. The van der Waals surface area contributed by atoms with Gasteiger partial charge < -0.3 is 10.1 Å². The molecule has 9 heteroatoms. The number of hydrogen-bond acceptors (Lipinski definition) is 6. The van der Waals surface area contributed by atoms with Gasteiger partial charge in [-0.15, -0.1) is 11.3 Å². The van der Waals surface area contributed by atoms with E-state index in [0.29, 0.717) is 0 Å². The van der Waals surface area contributed by atoms with Gasteiger partial charge in [0.2, 0.25) is 0 Å². The Morgan fingerprint density at radius 3 is 2.43 bits per heavy atom. The molecule has 0 radical (unpaired) electrons. The van der Waals surface area contributed by atoms with Crippen molar-refractivity contribution in [1.29, 1.82) is 0 Å². The maximum Gasteiger partial charge on any atom is 0.408 e. The van der Waals surface area contributed by atoms with Gasteiger partial charge in [0.1, 0.15) is 15.9 Å². The number of nitrogens with one attached hydrogen (secondary N) is 2. The Morgan fingerprint density at radius 2 is 1.95 bits per heavy atom. The smallest absolute Gasteiger partial charge is 0.408 e. The van der Waals surface area contributed by atoms with Crippen LogP contribution in [-0.2, 0) is 19.6 Å². The van der Waals surface area contributed by atoms with Gasteiger partial charge in [-0.3, -0.25) is 4.79 Å². The Labute approximate surface area is 127 Å². The summed E-state index contributed by atoms with van der Waals surface area (Å²) in [5, 5.41) is 3.85. The first-order valence-corrected chi connectivity index (χ1v) is 8.47. The van der Waals surface area contributed by atoms with Crippen LogP contribution in [0.1, 0.15) is 27.7 Å². The molecule has 0 fully saturated rings. The van der Waals surface area contributed by atoms with Gasteiger partial charge in [-0.05, 0) is 39.1 Å². The Morgan fingerprint density at radius 1 is 1.33 bits per heavy atom. The normalized spacial score (nSPS) is 13.3. The standard InChI is InChI=1S/C12H18N2O5S2/c1-8(13-11(16)19-12(2,3)4)10(15)14-21(17,18)9-6-5-7-20-9/h5-8H,1-4H3,(H,13,16)(H,14,15)/t8-/m1/s1. The van der Waals surface area contributed by atoms with Crippen LogP contribution in [0.2, 0.25) is 0 Å². The highest BCUT2D eigenvalue weighted by atomic mass is 32.2. The molecule has 118 valence electrons. The van der Waals surface area contributed by atoms with Crippen molar-refractivity contribution in [3.8, 4) is 0 Å². The number of ether oxygens (including phenoxy) is 1. The number of rotatable bonds is 4. The third-order valence-electron chi connectivity index (χ3n) is 2.12. The second kappa shape index (κ2) is 6.44. The van der Waals surface area contributed by atoms with Crippen LogP contribution >= 0.6 is 11.3 Å². The second-order valence-electron chi connectivity index (χ2n) is 5.27. The summed E-state index contributed by atoms with van der Waals surface area (Å²) < 4.78 is 30.6.